The SMILES string of the molecule is C=CC(=C)O.C=CC(=O)NC(C)(C)CS(=O)(=O)O.C=CC(=O)OCC. The highest BCUT2D eigenvalue weighted by Gasteiger charge is 2.25. The van der Waals surface area contributed by atoms with Gasteiger partial charge >= 0.3 is 5.97 Å². The summed E-state index contributed by atoms with van der Waals surface area (Å²) in [5.41, 5.74) is -1.00. The molecule has 0 saturated carbocycles. The fraction of sp³-hybridized carbons (Fsp3) is 0.375. The highest BCUT2D eigenvalue weighted by molar-refractivity contribution is 7.85. The number of amides is 1. The van der Waals surface area contributed by atoms with Gasteiger partial charge < -0.3 is 15.2 Å². The van der Waals surface area contributed by atoms with Gasteiger partial charge in [0.15, 0.2) is 0 Å². The third-order valence-electron chi connectivity index (χ3n) is 1.88. The molecule has 0 aromatic rings. The topological polar surface area (TPSA) is 130 Å². The molecule has 0 rings (SSSR count). The smallest absolute Gasteiger partial charge is 0.330 e. The third-order valence-corrected chi connectivity index (χ3v) is 2.97. The molecule has 0 aliphatic carbocycles. The Morgan fingerprint density at radius 1 is 1.16 bits per heavy atom. The first kappa shape index (κ1) is 27.5. The molecule has 0 saturated heterocycles. The van der Waals surface area contributed by atoms with E-state index in [1.807, 2.05) is 0 Å². The normalized spacial score (nSPS) is 9.76. The van der Waals surface area contributed by atoms with Gasteiger partial charge in [0.05, 0.1) is 17.9 Å². The molecular weight excluding hydrogens is 350 g/mol. The van der Waals surface area contributed by atoms with E-state index in [-0.39, 0.29) is 11.7 Å². The number of esters is 1. The molecule has 0 aliphatic heterocycles. The summed E-state index contributed by atoms with van der Waals surface area (Å²) in [6, 6.07) is 0. The number of nitrogens with one attached hydrogen (secondary N) is 1. The van der Waals surface area contributed by atoms with Crippen molar-refractivity contribution in [3.05, 3.63) is 50.3 Å². The van der Waals surface area contributed by atoms with E-state index >= 15 is 0 Å². The molecule has 8 nitrogen and oxygen atoms in total. The molecule has 0 aromatic carbocycles. The van der Waals surface area contributed by atoms with Crippen molar-refractivity contribution in [2.45, 2.75) is 26.3 Å². The van der Waals surface area contributed by atoms with Crippen LogP contribution in [-0.2, 0) is 24.4 Å². The summed E-state index contributed by atoms with van der Waals surface area (Å²) in [4.78, 5) is 20.9. The second-order valence-corrected chi connectivity index (χ2v) is 6.41. The Bertz CT molecular complexity index is 577. The monoisotopic (exact) mass is 377 g/mol. The number of ether oxygens (including phenoxy) is 1. The molecule has 0 fully saturated rings. The molecule has 0 radical (unpaired) electrons. The van der Waals surface area contributed by atoms with Gasteiger partial charge in [-0.15, -0.1) is 0 Å². The second-order valence-electron chi connectivity index (χ2n) is 4.96. The Morgan fingerprint density at radius 2 is 1.60 bits per heavy atom. The number of carbonyl (C=O) groups excluding carboxylic acids is 2. The van der Waals surface area contributed by atoms with E-state index in [0.29, 0.717) is 6.61 Å². The van der Waals surface area contributed by atoms with Crippen LogP contribution in [0.1, 0.15) is 20.8 Å². The number of aliphatic hydroxyl groups is 1. The van der Waals surface area contributed by atoms with E-state index in [1.165, 1.54) is 19.9 Å². The molecule has 25 heavy (non-hydrogen) atoms. The first-order chi connectivity index (χ1) is 11.2. The minimum atomic E-state index is -4.08. The summed E-state index contributed by atoms with van der Waals surface area (Å²) in [5, 5.41) is 10.4. The summed E-state index contributed by atoms with van der Waals surface area (Å²) in [6.07, 6.45) is 3.45. The van der Waals surface area contributed by atoms with Crippen molar-refractivity contribution >= 4 is 22.0 Å². The number of hydrogen-bond acceptors (Lipinski definition) is 6. The van der Waals surface area contributed by atoms with Gasteiger partial charge in [-0.1, -0.05) is 26.3 Å². The summed E-state index contributed by atoms with van der Waals surface area (Å²) in [6.45, 7) is 17.9. The highest BCUT2D eigenvalue weighted by atomic mass is 32.2. The molecule has 0 aromatic heterocycles. The fourth-order valence-corrected chi connectivity index (χ4v) is 2.06. The molecule has 9 heteroatoms. The predicted molar refractivity (Wildman–Crippen MR) is 97.6 cm³/mol. The van der Waals surface area contributed by atoms with Crippen LogP contribution in [0.15, 0.2) is 50.3 Å². The van der Waals surface area contributed by atoms with Gasteiger partial charge in [-0.05, 0) is 32.9 Å². The van der Waals surface area contributed by atoms with E-state index in [4.69, 9.17) is 9.66 Å². The van der Waals surface area contributed by atoms with Crippen LogP contribution in [-0.4, -0.2) is 47.9 Å². The lowest BCUT2D eigenvalue weighted by atomic mass is 10.1. The van der Waals surface area contributed by atoms with E-state index in [1.54, 1.807) is 6.92 Å². The summed E-state index contributed by atoms with van der Waals surface area (Å²) in [7, 11) is -4.08. The van der Waals surface area contributed by atoms with Crippen LogP contribution in [0, 0.1) is 0 Å². The number of rotatable bonds is 7. The largest absolute Gasteiger partial charge is 0.509 e. The molecular formula is C16H27NO7S. The van der Waals surface area contributed by atoms with Gasteiger partial charge in [0.2, 0.25) is 5.91 Å². The molecule has 0 spiro atoms. The quantitative estimate of drug-likeness (QED) is 0.203. The van der Waals surface area contributed by atoms with Crippen LogP contribution in [0.2, 0.25) is 0 Å². The first-order valence-electron chi connectivity index (χ1n) is 6.93. The van der Waals surface area contributed by atoms with Gasteiger partial charge in [-0.25, -0.2) is 4.79 Å². The summed E-state index contributed by atoms with van der Waals surface area (Å²) in [5.74, 6) is -1.35. The number of hydrogen-bond donors (Lipinski definition) is 3. The maximum absolute atomic E-state index is 10.8. The lowest BCUT2D eigenvalue weighted by molar-refractivity contribution is -0.137. The van der Waals surface area contributed by atoms with Crippen molar-refractivity contribution < 1.29 is 32.4 Å². The average Bonchev–Trinajstić information content (AvgIpc) is 2.45. The maximum Gasteiger partial charge on any atom is 0.330 e. The molecule has 0 aliphatic rings. The van der Waals surface area contributed by atoms with E-state index in [0.717, 1.165) is 12.2 Å². The average molecular weight is 377 g/mol. The van der Waals surface area contributed by atoms with Crippen LogP contribution in [0.25, 0.3) is 0 Å². The number of carbonyl (C=O) groups is 2. The Kier molecular flexibility index (Phi) is 15.4. The van der Waals surface area contributed by atoms with Crippen molar-refractivity contribution in [3.8, 4) is 0 Å². The van der Waals surface area contributed by atoms with Crippen LogP contribution in [0.4, 0.5) is 0 Å². The Balaban J connectivity index is -0.000000337. The minimum Gasteiger partial charge on any atom is -0.509 e. The first-order valence-corrected chi connectivity index (χ1v) is 8.54. The van der Waals surface area contributed by atoms with E-state index < -0.39 is 27.3 Å². The molecule has 0 heterocycles. The van der Waals surface area contributed by atoms with Crippen molar-refractivity contribution in [3.63, 3.8) is 0 Å². The Morgan fingerprint density at radius 3 is 1.80 bits per heavy atom. The van der Waals surface area contributed by atoms with Gasteiger partial charge in [0.1, 0.15) is 5.76 Å². The fourth-order valence-electron chi connectivity index (χ4n) is 1.08. The number of aliphatic hydroxyl groups excluding tert-OH is 1. The molecule has 1 amide bonds. The highest BCUT2D eigenvalue weighted by Crippen LogP contribution is 2.05. The lowest BCUT2D eigenvalue weighted by Gasteiger charge is -2.23. The van der Waals surface area contributed by atoms with Crippen molar-refractivity contribution in [1.29, 1.82) is 0 Å². The Labute approximate surface area is 149 Å². The summed E-state index contributed by atoms with van der Waals surface area (Å²) < 4.78 is 34.0. The Hall–Kier alpha value is -2.39. The molecule has 3 N–H and O–H groups in total. The number of allylic oxidation sites excluding steroid dienone is 1. The van der Waals surface area contributed by atoms with Crippen LogP contribution < -0.4 is 5.32 Å². The van der Waals surface area contributed by atoms with Crippen molar-refractivity contribution in [2.24, 2.45) is 0 Å². The summed E-state index contributed by atoms with van der Waals surface area (Å²) >= 11 is 0. The molecule has 144 valence electrons. The zero-order valence-corrected chi connectivity index (χ0v) is 15.6. The van der Waals surface area contributed by atoms with E-state index in [2.05, 4.69) is 36.4 Å². The standard InChI is InChI=1S/C7H13NO4S.C5H8O2.C4H6O/c1-4-6(9)8-7(2,3)5-13(10,11)12;1-3-5(6)7-4-2;1-3-4(2)5/h4H,1,5H2,2-3H3,(H,8,9)(H,10,11,12);3H,1,4H2,2H3;3,5H,1-2H2. The maximum atomic E-state index is 10.8. The van der Waals surface area contributed by atoms with Gasteiger partial charge in [0.25, 0.3) is 10.1 Å². The van der Waals surface area contributed by atoms with Crippen LogP contribution in [0.3, 0.4) is 0 Å². The minimum absolute atomic E-state index is 0.0185. The predicted octanol–water partition coefficient (Wildman–Crippen LogP) is 1.93. The van der Waals surface area contributed by atoms with Crippen LogP contribution in [0.5, 0.6) is 0 Å². The van der Waals surface area contributed by atoms with Crippen LogP contribution >= 0.6 is 0 Å². The van der Waals surface area contributed by atoms with Gasteiger partial charge in [-0.2, -0.15) is 8.42 Å². The van der Waals surface area contributed by atoms with Crippen molar-refractivity contribution in [1.82, 2.24) is 5.32 Å². The lowest BCUT2D eigenvalue weighted by Crippen LogP contribution is -2.47. The second kappa shape index (κ2) is 14.0. The van der Waals surface area contributed by atoms with E-state index in [9.17, 15) is 18.0 Å². The van der Waals surface area contributed by atoms with Gasteiger partial charge in [-0.3, -0.25) is 9.35 Å². The third kappa shape index (κ3) is 26.8. The zero-order valence-electron chi connectivity index (χ0n) is 14.8. The van der Waals surface area contributed by atoms with Gasteiger partial charge in [0, 0.05) is 6.08 Å². The molecule has 0 atom stereocenters. The zero-order chi connectivity index (χ0) is 20.7. The molecule has 0 bridgehead atoms. The molecule has 0 unspecified atom stereocenters. The van der Waals surface area contributed by atoms with Crippen molar-refractivity contribution in [2.75, 3.05) is 12.4 Å².